The van der Waals surface area contributed by atoms with Crippen LogP contribution in [0, 0.1) is 0 Å². The fourth-order valence-corrected chi connectivity index (χ4v) is 10.3. The summed E-state index contributed by atoms with van der Waals surface area (Å²) in [6.07, 6.45) is -23.4. The lowest BCUT2D eigenvalue weighted by Crippen LogP contribution is -2.73. The van der Waals surface area contributed by atoms with Gasteiger partial charge in [-0.2, -0.15) is 0 Å². The molecule has 82 heavy (non-hydrogen) atoms. The zero-order valence-corrected chi connectivity index (χ0v) is 45.2. The van der Waals surface area contributed by atoms with Crippen LogP contribution in [0.2, 0.25) is 0 Å². The van der Waals surface area contributed by atoms with Crippen molar-refractivity contribution in [2.75, 3.05) is 26.2 Å². The van der Waals surface area contributed by atoms with E-state index >= 15 is 0 Å². The molecule has 9 N–H and O–H groups in total. The van der Waals surface area contributed by atoms with Gasteiger partial charge in [0.15, 0.2) is 24.4 Å². The number of benzene rings is 4. The Bertz CT molecular complexity index is 2780. The number of aliphatic hydroxyl groups excluding tert-OH is 5. The number of hydrogen-bond donors (Lipinski definition) is 9. The molecule has 4 aromatic rings. The molecule has 1 saturated carbocycles. The monoisotopic (exact) mass is 1140 g/mol. The van der Waals surface area contributed by atoms with Crippen LogP contribution in [0.25, 0.3) is 0 Å². The number of β-amino-alcohol motifs (C(OH)–C–C–N with tert-alkyl or cyclic N) is 1. The first kappa shape index (κ1) is 59.6. The average Bonchev–Trinajstić information content (AvgIpc) is 3.81. The van der Waals surface area contributed by atoms with Gasteiger partial charge in [0, 0.05) is 5.56 Å². The molecule has 1 aliphatic carbocycles. The summed E-state index contributed by atoms with van der Waals surface area (Å²) in [5.74, 6) is -1.02. The smallest absolute Gasteiger partial charge is 0.412 e. The van der Waals surface area contributed by atoms with Crippen molar-refractivity contribution >= 4 is 30.3 Å². The highest BCUT2D eigenvalue weighted by Gasteiger charge is 2.58. The summed E-state index contributed by atoms with van der Waals surface area (Å²) in [5, 5.41) is 77.9. The Balaban J connectivity index is 0.940. The van der Waals surface area contributed by atoms with Gasteiger partial charge in [-0.25, -0.2) is 19.2 Å². The van der Waals surface area contributed by atoms with Crippen molar-refractivity contribution < 1.29 is 97.2 Å². The molecule has 5 fully saturated rings. The molecule has 0 bridgehead atoms. The molecular formula is C57H69N5O20. The van der Waals surface area contributed by atoms with E-state index in [0.717, 1.165) is 4.90 Å². The Morgan fingerprint density at radius 2 is 1.12 bits per heavy atom. The summed E-state index contributed by atoms with van der Waals surface area (Å²) in [6.45, 7) is 2.48. The van der Waals surface area contributed by atoms with Gasteiger partial charge < -0.3 is 94.1 Å². The van der Waals surface area contributed by atoms with Crippen LogP contribution in [0.15, 0.2) is 121 Å². The van der Waals surface area contributed by atoms with Crippen LogP contribution in [0.4, 0.5) is 19.2 Å². The first-order chi connectivity index (χ1) is 39.3. The number of rotatable bonds is 16. The minimum Gasteiger partial charge on any atom is -0.445 e. The van der Waals surface area contributed by atoms with Crippen LogP contribution in [-0.2, 0) is 67.2 Å². The molecule has 4 aliphatic heterocycles. The summed E-state index contributed by atoms with van der Waals surface area (Å²) in [7, 11) is 0. The number of nitrogens with zero attached hydrogens (tertiary/aromatic N) is 2. The van der Waals surface area contributed by atoms with E-state index in [0.29, 0.717) is 22.3 Å². The lowest BCUT2D eigenvalue weighted by atomic mass is 9.82. The molecule has 15 atom stereocenters. The van der Waals surface area contributed by atoms with E-state index in [4.69, 9.17) is 42.6 Å². The molecule has 25 nitrogen and oxygen atoms in total. The number of carbonyl (C=O) groups is 5. The Hall–Kier alpha value is -7.01. The SMILES string of the molecule is CC(C)(C)OC(=O)N1CC(O)(C(=O)N[C@@H]2C[C@H](NC(=O)OCc3ccccc3)[C@@H](O)[C@H](O[C@@H]3O[C@H](CO)[C@@H](O[C@H]4O[C@H]5CN(C(=O)OCc6ccccc6)C(c6ccccc6)O[C@H]5[C@H](O)[C@H]4NC(=O)OCc4ccccc4)[C@H]3O)[C@H]2O)C1. The lowest BCUT2D eigenvalue weighted by molar-refractivity contribution is -0.322. The minimum atomic E-state index is -2.14. The Kier molecular flexibility index (Phi) is 18.9. The molecule has 5 amide bonds. The van der Waals surface area contributed by atoms with Gasteiger partial charge >= 0.3 is 24.4 Å². The van der Waals surface area contributed by atoms with Crippen molar-refractivity contribution in [2.24, 2.45) is 0 Å². The van der Waals surface area contributed by atoms with Crippen molar-refractivity contribution in [3.8, 4) is 0 Å². The first-order valence-electron chi connectivity index (χ1n) is 26.9. The van der Waals surface area contributed by atoms with Gasteiger partial charge in [-0.1, -0.05) is 121 Å². The van der Waals surface area contributed by atoms with Crippen LogP contribution >= 0.6 is 0 Å². The standard InChI is InChI=1S/C57H69N5O20/c1-56(2,3)82-54(71)61-30-57(73,31-61)51(68)58-36-24-37(59-52(69)74-27-32-16-8-4-9-17-32)42(65)47(41(36)64)81-50-44(67)46(39(26-63)78-50)80-49-40(60-53(70)75-28-33-18-10-5-11-19-33)43(66)45-38(77-49)25-62(48(79-45)35-22-14-7-15-23-35)55(72)76-29-34-20-12-6-13-21-34/h4-23,36-50,63-67,73H,24-31H2,1-3H3,(H,58,68)(H,59,69)(H,60,70)/t36-,37+,38+,39-,40-,41+,42-,43-,44-,45-,46-,47-,48?,49-,50+/m1/s1. The molecule has 0 spiro atoms. The summed E-state index contributed by atoms with van der Waals surface area (Å²) in [5.41, 5.74) is -0.490. The number of fused-ring (bicyclic) bond motifs is 1. The maximum Gasteiger partial charge on any atom is 0.412 e. The second kappa shape index (κ2) is 26.1. The van der Waals surface area contributed by atoms with Crippen molar-refractivity contribution in [3.63, 3.8) is 0 Å². The molecule has 4 aromatic carbocycles. The molecule has 1 unspecified atom stereocenters. The Labute approximate surface area is 471 Å². The van der Waals surface area contributed by atoms with E-state index in [1.807, 2.05) is 6.07 Å². The number of carbonyl (C=O) groups excluding carboxylic acids is 5. The zero-order valence-electron chi connectivity index (χ0n) is 45.2. The molecule has 4 saturated heterocycles. The van der Waals surface area contributed by atoms with Gasteiger partial charge in [0.25, 0.3) is 5.91 Å². The topological polar surface area (TPSA) is 332 Å². The Morgan fingerprint density at radius 1 is 0.610 bits per heavy atom. The fourth-order valence-electron chi connectivity index (χ4n) is 10.3. The second-order valence-corrected chi connectivity index (χ2v) is 21.7. The van der Waals surface area contributed by atoms with Gasteiger partial charge in [0.2, 0.25) is 0 Å². The molecule has 9 rings (SSSR count). The molecule has 0 aromatic heterocycles. The predicted octanol–water partition coefficient (Wildman–Crippen LogP) is 1.84. The molecule has 25 heteroatoms. The number of nitrogens with one attached hydrogen (secondary N) is 3. The van der Waals surface area contributed by atoms with Crippen LogP contribution in [0.1, 0.15) is 55.7 Å². The van der Waals surface area contributed by atoms with Gasteiger partial charge in [0.1, 0.15) is 86.4 Å². The molecule has 442 valence electrons. The molecule has 0 radical (unpaired) electrons. The van der Waals surface area contributed by atoms with E-state index in [2.05, 4.69) is 16.0 Å². The number of hydrogen-bond acceptors (Lipinski definition) is 20. The van der Waals surface area contributed by atoms with Crippen molar-refractivity contribution in [1.82, 2.24) is 25.8 Å². The van der Waals surface area contributed by atoms with Crippen LogP contribution in [0.5, 0.6) is 0 Å². The third-order valence-electron chi connectivity index (χ3n) is 14.5. The number of ether oxygens (including phenoxy) is 9. The average molecular weight is 1140 g/mol. The van der Waals surface area contributed by atoms with Crippen molar-refractivity contribution in [3.05, 3.63) is 144 Å². The highest BCUT2D eigenvalue weighted by Crippen LogP contribution is 2.39. The highest BCUT2D eigenvalue weighted by atomic mass is 16.8. The quantitative estimate of drug-likeness (QED) is 0.0723. The van der Waals surface area contributed by atoms with Crippen LogP contribution in [-0.4, -0.2) is 194 Å². The van der Waals surface area contributed by atoms with Crippen LogP contribution in [0.3, 0.4) is 0 Å². The molecule has 4 heterocycles. The maximum absolute atomic E-state index is 14.0. The lowest BCUT2D eigenvalue weighted by Gasteiger charge is -2.51. The Morgan fingerprint density at radius 3 is 1.67 bits per heavy atom. The van der Waals surface area contributed by atoms with E-state index in [1.165, 1.54) is 4.90 Å². The van der Waals surface area contributed by atoms with Gasteiger partial charge in [-0.05, 0) is 43.9 Å². The third-order valence-corrected chi connectivity index (χ3v) is 14.5. The highest BCUT2D eigenvalue weighted by molar-refractivity contribution is 5.89. The molecular weight excluding hydrogens is 1070 g/mol. The van der Waals surface area contributed by atoms with E-state index in [9.17, 15) is 54.6 Å². The van der Waals surface area contributed by atoms with Crippen LogP contribution < -0.4 is 16.0 Å². The van der Waals surface area contributed by atoms with Gasteiger partial charge in [-0.15, -0.1) is 0 Å². The largest absolute Gasteiger partial charge is 0.445 e. The fraction of sp³-hybridized carbons (Fsp3) is 0.491. The number of amides is 5. The number of aliphatic hydroxyl groups is 6. The summed E-state index contributed by atoms with van der Waals surface area (Å²) in [6, 6.07) is 30.8. The first-order valence-corrected chi connectivity index (χ1v) is 26.9. The maximum atomic E-state index is 14.0. The second-order valence-electron chi connectivity index (χ2n) is 21.7. The normalized spacial score (nSPS) is 30.4. The summed E-state index contributed by atoms with van der Waals surface area (Å²) < 4.78 is 53.5. The number of alkyl carbamates (subject to hydrolysis) is 2. The summed E-state index contributed by atoms with van der Waals surface area (Å²) >= 11 is 0. The van der Waals surface area contributed by atoms with Gasteiger partial charge in [0.05, 0.1) is 38.3 Å². The van der Waals surface area contributed by atoms with Crippen molar-refractivity contribution in [2.45, 2.75) is 150 Å². The zero-order chi connectivity index (χ0) is 58.3. The predicted molar refractivity (Wildman–Crippen MR) is 282 cm³/mol. The van der Waals surface area contributed by atoms with Crippen molar-refractivity contribution in [1.29, 1.82) is 0 Å². The van der Waals surface area contributed by atoms with E-state index in [1.54, 1.807) is 136 Å². The third kappa shape index (κ3) is 14.2. The minimum absolute atomic E-state index is 0.0916. The molecule has 5 aliphatic rings. The van der Waals surface area contributed by atoms with E-state index in [-0.39, 0.29) is 32.8 Å². The van der Waals surface area contributed by atoms with Gasteiger partial charge in [-0.3, -0.25) is 9.69 Å². The number of likely N-dealkylation sites (tertiary alicyclic amines) is 1. The summed E-state index contributed by atoms with van der Waals surface area (Å²) in [4.78, 5) is 69.7. The van der Waals surface area contributed by atoms with E-state index < -0.39 is 153 Å².